The van der Waals surface area contributed by atoms with Crippen molar-refractivity contribution < 1.29 is 4.74 Å². The van der Waals surface area contributed by atoms with Gasteiger partial charge in [-0.05, 0) is 46.5 Å². The predicted molar refractivity (Wildman–Crippen MR) is 83.5 cm³/mol. The molecule has 1 saturated carbocycles. The Bertz CT molecular complexity index is 504. The van der Waals surface area contributed by atoms with Gasteiger partial charge in [-0.2, -0.15) is 5.26 Å². The summed E-state index contributed by atoms with van der Waals surface area (Å²) in [4.78, 5) is 0. The summed E-state index contributed by atoms with van der Waals surface area (Å²) in [6, 6.07) is 8.91. The minimum atomic E-state index is 0.117. The van der Waals surface area contributed by atoms with Crippen LogP contribution < -0.4 is 10.1 Å². The molecule has 1 aromatic carbocycles. The van der Waals surface area contributed by atoms with E-state index in [1.165, 1.54) is 5.56 Å². The fraction of sp³-hybridized carbons (Fsp3) is 0.562. The number of nitrogens with one attached hydrogen (secondary N) is 1. The normalized spacial score (nSPS) is 15.9. The van der Waals surface area contributed by atoms with Crippen molar-refractivity contribution in [2.75, 3.05) is 6.61 Å². The van der Waals surface area contributed by atoms with E-state index >= 15 is 0 Å². The van der Waals surface area contributed by atoms with Crippen LogP contribution in [0.4, 0.5) is 0 Å². The van der Waals surface area contributed by atoms with E-state index in [0.29, 0.717) is 19.1 Å². The lowest BCUT2D eigenvalue weighted by Crippen LogP contribution is -2.21. The zero-order valence-corrected chi connectivity index (χ0v) is 13.7. The number of nitrogens with zero attached hydrogens (tertiary/aromatic N) is 1. The maximum absolute atomic E-state index is 8.81. The number of halogens is 1. The fourth-order valence-electron chi connectivity index (χ4n) is 2.04. The molecule has 20 heavy (non-hydrogen) atoms. The number of rotatable bonds is 7. The molecule has 1 aliphatic rings. The van der Waals surface area contributed by atoms with Crippen LogP contribution in [0.25, 0.3) is 0 Å². The molecule has 0 spiro atoms. The Kier molecular flexibility index (Phi) is 5.06. The SMILES string of the molecule is CC(C)NCc1ccc(OCC2(CC#N)CC2)c(Br)c1. The van der Waals surface area contributed by atoms with Gasteiger partial charge in [0, 0.05) is 24.4 Å². The molecule has 0 bridgehead atoms. The number of ether oxygens (including phenoxy) is 1. The van der Waals surface area contributed by atoms with Crippen LogP contribution in [-0.2, 0) is 6.54 Å². The van der Waals surface area contributed by atoms with E-state index in [-0.39, 0.29) is 5.41 Å². The van der Waals surface area contributed by atoms with E-state index in [1.54, 1.807) is 0 Å². The van der Waals surface area contributed by atoms with E-state index in [9.17, 15) is 0 Å². The number of hydrogen-bond acceptors (Lipinski definition) is 3. The van der Waals surface area contributed by atoms with Crippen molar-refractivity contribution in [1.29, 1.82) is 5.26 Å². The quantitative estimate of drug-likeness (QED) is 0.817. The molecule has 0 saturated heterocycles. The Morgan fingerprint density at radius 2 is 2.20 bits per heavy atom. The second-order valence-corrected chi connectivity index (χ2v) is 6.78. The minimum absolute atomic E-state index is 0.117. The van der Waals surface area contributed by atoms with Gasteiger partial charge in [-0.15, -0.1) is 0 Å². The van der Waals surface area contributed by atoms with Gasteiger partial charge >= 0.3 is 0 Å². The molecule has 0 atom stereocenters. The van der Waals surface area contributed by atoms with Gasteiger partial charge in [0.25, 0.3) is 0 Å². The maximum Gasteiger partial charge on any atom is 0.133 e. The molecule has 3 nitrogen and oxygen atoms in total. The molecule has 0 heterocycles. The summed E-state index contributed by atoms with van der Waals surface area (Å²) < 4.78 is 6.86. The molecule has 2 rings (SSSR count). The predicted octanol–water partition coefficient (Wildman–Crippen LogP) is 4.02. The number of benzene rings is 1. The molecule has 0 radical (unpaired) electrons. The summed E-state index contributed by atoms with van der Waals surface area (Å²) in [5.41, 5.74) is 1.35. The Morgan fingerprint density at radius 1 is 1.45 bits per heavy atom. The molecule has 1 aromatic rings. The van der Waals surface area contributed by atoms with Crippen molar-refractivity contribution in [3.8, 4) is 11.8 Å². The fourth-order valence-corrected chi connectivity index (χ4v) is 2.58. The second kappa shape index (κ2) is 6.60. The number of hydrogen-bond donors (Lipinski definition) is 1. The number of nitriles is 1. The van der Waals surface area contributed by atoms with Gasteiger partial charge in [-0.3, -0.25) is 0 Å². The lowest BCUT2D eigenvalue weighted by molar-refractivity contribution is 0.235. The van der Waals surface area contributed by atoms with Gasteiger partial charge in [0.2, 0.25) is 0 Å². The van der Waals surface area contributed by atoms with Gasteiger partial charge in [0.05, 0.1) is 17.1 Å². The van der Waals surface area contributed by atoms with Gasteiger partial charge < -0.3 is 10.1 Å². The van der Waals surface area contributed by atoms with Crippen LogP contribution in [0.5, 0.6) is 5.75 Å². The lowest BCUT2D eigenvalue weighted by Gasteiger charge is -2.15. The molecule has 108 valence electrons. The van der Waals surface area contributed by atoms with Crippen LogP contribution in [0, 0.1) is 16.7 Å². The third-order valence-corrected chi connectivity index (χ3v) is 4.28. The second-order valence-electron chi connectivity index (χ2n) is 5.92. The van der Waals surface area contributed by atoms with E-state index in [4.69, 9.17) is 10.00 Å². The van der Waals surface area contributed by atoms with Gasteiger partial charge in [0.15, 0.2) is 0 Å². The van der Waals surface area contributed by atoms with Gasteiger partial charge in [0.1, 0.15) is 5.75 Å². The molecule has 1 N–H and O–H groups in total. The highest BCUT2D eigenvalue weighted by atomic mass is 79.9. The Hall–Kier alpha value is -1.05. The third kappa shape index (κ3) is 4.22. The first-order valence-corrected chi connectivity index (χ1v) is 7.85. The largest absolute Gasteiger partial charge is 0.492 e. The molecule has 1 fully saturated rings. The summed E-state index contributed by atoms with van der Waals surface area (Å²) in [6.45, 7) is 5.77. The Labute approximate surface area is 129 Å². The van der Waals surface area contributed by atoms with Crippen LogP contribution in [-0.4, -0.2) is 12.6 Å². The average Bonchev–Trinajstić information content (AvgIpc) is 3.16. The topological polar surface area (TPSA) is 45.0 Å². The van der Waals surface area contributed by atoms with Crippen LogP contribution in [0.3, 0.4) is 0 Å². The average molecular weight is 337 g/mol. The highest BCUT2D eigenvalue weighted by Gasteiger charge is 2.43. The summed E-state index contributed by atoms with van der Waals surface area (Å²) in [5, 5.41) is 12.2. The van der Waals surface area contributed by atoms with Gasteiger partial charge in [-0.25, -0.2) is 0 Å². The Morgan fingerprint density at radius 3 is 2.75 bits per heavy atom. The summed E-state index contributed by atoms with van der Waals surface area (Å²) in [7, 11) is 0. The first-order chi connectivity index (χ1) is 9.54. The van der Waals surface area contributed by atoms with E-state index in [1.807, 2.05) is 6.07 Å². The zero-order valence-electron chi connectivity index (χ0n) is 12.1. The van der Waals surface area contributed by atoms with Crippen molar-refractivity contribution in [2.24, 2.45) is 5.41 Å². The first-order valence-electron chi connectivity index (χ1n) is 7.06. The van der Waals surface area contributed by atoms with Gasteiger partial charge in [-0.1, -0.05) is 19.9 Å². The molecular formula is C16H21BrN2O. The third-order valence-electron chi connectivity index (χ3n) is 3.66. The van der Waals surface area contributed by atoms with E-state index < -0.39 is 0 Å². The highest BCUT2D eigenvalue weighted by molar-refractivity contribution is 9.10. The van der Waals surface area contributed by atoms with E-state index in [2.05, 4.69) is 53.3 Å². The first kappa shape index (κ1) is 15.3. The van der Waals surface area contributed by atoms with Crippen molar-refractivity contribution in [2.45, 2.75) is 45.7 Å². The lowest BCUT2D eigenvalue weighted by atomic mass is 10.1. The molecular weight excluding hydrogens is 316 g/mol. The monoisotopic (exact) mass is 336 g/mol. The van der Waals surface area contributed by atoms with Crippen LogP contribution >= 0.6 is 15.9 Å². The smallest absolute Gasteiger partial charge is 0.133 e. The molecule has 4 heteroatoms. The van der Waals surface area contributed by atoms with Crippen molar-refractivity contribution in [3.63, 3.8) is 0 Å². The van der Waals surface area contributed by atoms with Crippen molar-refractivity contribution in [1.82, 2.24) is 5.32 Å². The summed E-state index contributed by atoms with van der Waals surface area (Å²) in [5.74, 6) is 0.863. The van der Waals surface area contributed by atoms with E-state index in [0.717, 1.165) is 29.6 Å². The van der Waals surface area contributed by atoms with Crippen LogP contribution in [0.1, 0.15) is 38.7 Å². The molecule has 0 amide bonds. The highest BCUT2D eigenvalue weighted by Crippen LogP contribution is 2.49. The maximum atomic E-state index is 8.81. The van der Waals surface area contributed by atoms with Crippen LogP contribution in [0.15, 0.2) is 22.7 Å². The Balaban J connectivity index is 1.91. The molecule has 0 aromatic heterocycles. The molecule has 0 unspecified atom stereocenters. The zero-order chi connectivity index (χ0) is 14.6. The summed E-state index contributed by atoms with van der Waals surface area (Å²) >= 11 is 3.56. The van der Waals surface area contributed by atoms with Crippen LogP contribution in [0.2, 0.25) is 0 Å². The van der Waals surface area contributed by atoms with Crippen molar-refractivity contribution in [3.05, 3.63) is 28.2 Å². The standard InChI is InChI=1S/C16H21BrN2O/c1-12(2)19-10-13-3-4-15(14(17)9-13)20-11-16(5-6-16)7-8-18/h3-4,9,12,19H,5-7,10-11H2,1-2H3. The molecule has 0 aliphatic heterocycles. The summed E-state index contributed by atoms with van der Waals surface area (Å²) in [6.07, 6.45) is 2.81. The molecule has 1 aliphatic carbocycles. The minimum Gasteiger partial charge on any atom is -0.492 e. The van der Waals surface area contributed by atoms with Crippen molar-refractivity contribution >= 4 is 15.9 Å².